The third kappa shape index (κ3) is 2.42. The Bertz CT molecular complexity index is 798. The van der Waals surface area contributed by atoms with Gasteiger partial charge in [-0.05, 0) is 37.7 Å². The van der Waals surface area contributed by atoms with E-state index in [1.165, 1.54) is 23.3 Å². The molecule has 7 heteroatoms. The molecule has 0 bridgehead atoms. The number of aryl methyl sites for hydroxylation is 2. The molecule has 0 aromatic carbocycles. The summed E-state index contributed by atoms with van der Waals surface area (Å²) in [5.41, 5.74) is 1.38. The first-order valence-electron chi connectivity index (χ1n) is 7.34. The lowest BCUT2D eigenvalue weighted by Gasteiger charge is -2.15. The van der Waals surface area contributed by atoms with Crippen LogP contribution in [-0.2, 0) is 22.7 Å². The number of nitrogens with zero attached hydrogens (tertiary/aromatic N) is 2. The van der Waals surface area contributed by atoms with Crippen molar-refractivity contribution in [1.82, 2.24) is 9.97 Å². The van der Waals surface area contributed by atoms with Crippen molar-refractivity contribution >= 4 is 37.2 Å². The Morgan fingerprint density at radius 3 is 2.90 bits per heavy atom. The van der Waals surface area contributed by atoms with Gasteiger partial charge in [-0.15, -0.1) is 11.3 Å². The maximum absolute atomic E-state index is 11.6. The number of sulfone groups is 1. The van der Waals surface area contributed by atoms with E-state index in [9.17, 15) is 8.42 Å². The van der Waals surface area contributed by atoms with Crippen molar-refractivity contribution in [2.75, 3.05) is 16.8 Å². The quantitative estimate of drug-likeness (QED) is 0.917. The first-order valence-corrected chi connectivity index (χ1v) is 9.98. The number of hydrogen-bond acceptors (Lipinski definition) is 6. The number of rotatable bonds is 2. The summed E-state index contributed by atoms with van der Waals surface area (Å²) in [4.78, 5) is 11.2. The highest BCUT2D eigenvalue weighted by atomic mass is 32.2. The van der Waals surface area contributed by atoms with E-state index >= 15 is 0 Å². The Balaban J connectivity index is 1.73. The van der Waals surface area contributed by atoms with Crippen LogP contribution >= 0.6 is 11.3 Å². The van der Waals surface area contributed by atoms with Crippen molar-refractivity contribution in [3.05, 3.63) is 16.8 Å². The molecule has 1 unspecified atom stereocenters. The smallest absolute Gasteiger partial charge is 0.152 e. The summed E-state index contributed by atoms with van der Waals surface area (Å²) in [6, 6.07) is -0.0211. The average Bonchev–Trinajstić information content (AvgIpc) is 2.99. The van der Waals surface area contributed by atoms with Gasteiger partial charge in [0.15, 0.2) is 9.84 Å². The number of nitrogens with one attached hydrogen (secondary N) is 1. The lowest BCUT2D eigenvalue weighted by molar-refractivity contribution is 0.602. The molecule has 112 valence electrons. The van der Waals surface area contributed by atoms with Gasteiger partial charge < -0.3 is 5.32 Å². The molecule has 0 saturated carbocycles. The number of thiophene rings is 1. The molecule has 2 aromatic rings. The third-order valence-corrected chi connectivity index (χ3v) is 7.29. The number of hydrogen-bond donors (Lipinski definition) is 1. The van der Waals surface area contributed by atoms with E-state index in [0.717, 1.165) is 28.9 Å². The molecule has 1 aliphatic carbocycles. The van der Waals surface area contributed by atoms with Crippen LogP contribution in [0.1, 0.15) is 29.7 Å². The summed E-state index contributed by atoms with van der Waals surface area (Å²) in [5, 5.41) is 4.48. The molecular formula is C14H17N3O2S2. The van der Waals surface area contributed by atoms with Gasteiger partial charge in [-0.3, -0.25) is 0 Å². The average molecular weight is 323 g/mol. The first kappa shape index (κ1) is 13.5. The van der Waals surface area contributed by atoms with E-state index in [0.29, 0.717) is 6.42 Å². The highest BCUT2D eigenvalue weighted by Crippen LogP contribution is 2.38. The van der Waals surface area contributed by atoms with Gasteiger partial charge in [-0.2, -0.15) is 0 Å². The van der Waals surface area contributed by atoms with Crippen molar-refractivity contribution < 1.29 is 8.42 Å². The lowest BCUT2D eigenvalue weighted by Crippen LogP contribution is -2.21. The second-order valence-electron chi connectivity index (χ2n) is 5.86. The largest absolute Gasteiger partial charge is 0.366 e. The van der Waals surface area contributed by atoms with Crippen molar-refractivity contribution in [3.8, 4) is 0 Å². The molecule has 1 aliphatic heterocycles. The minimum Gasteiger partial charge on any atom is -0.366 e. The standard InChI is InChI=1S/C14H17N3O2S2/c18-21(19)6-5-9(7-21)17-13-12-10-3-1-2-4-11(10)20-14(12)16-8-15-13/h8-9H,1-7H2,(H,15,16,17). The first-order chi connectivity index (χ1) is 10.1. The van der Waals surface area contributed by atoms with E-state index in [2.05, 4.69) is 15.3 Å². The van der Waals surface area contributed by atoms with Crippen LogP contribution in [0.3, 0.4) is 0 Å². The Morgan fingerprint density at radius 2 is 2.10 bits per heavy atom. The summed E-state index contributed by atoms with van der Waals surface area (Å²) in [5.74, 6) is 1.31. The van der Waals surface area contributed by atoms with E-state index in [4.69, 9.17) is 0 Å². The fourth-order valence-corrected chi connectivity index (χ4v) is 6.20. The summed E-state index contributed by atoms with van der Waals surface area (Å²) < 4.78 is 23.2. The Labute approximate surface area is 127 Å². The molecular weight excluding hydrogens is 306 g/mol. The molecule has 0 spiro atoms. The molecule has 1 fully saturated rings. The van der Waals surface area contributed by atoms with Crippen molar-refractivity contribution in [1.29, 1.82) is 0 Å². The molecule has 1 atom stereocenters. The van der Waals surface area contributed by atoms with Crippen molar-refractivity contribution in [3.63, 3.8) is 0 Å². The van der Waals surface area contributed by atoms with Gasteiger partial charge in [0.05, 0.1) is 16.9 Å². The second-order valence-corrected chi connectivity index (χ2v) is 9.17. The Hall–Kier alpha value is -1.21. The van der Waals surface area contributed by atoms with E-state index in [-0.39, 0.29) is 17.5 Å². The minimum atomic E-state index is -2.88. The van der Waals surface area contributed by atoms with Gasteiger partial charge in [0.2, 0.25) is 0 Å². The Morgan fingerprint density at radius 1 is 1.24 bits per heavy atom. The van der Waals surface area contributed by atoms with Gasteiger partial charge in [0, 0.05) is 10.9 Å². The molecule has 0 radical (unpaired) electrons. The van der Waals surface area contributed by atoms with Crippen LogP contribution in [0, 0.1) is 0 Å². The Kier molecular flexibility index (Phi) is 3.15. The summed E-state index contributed by atoms with van der Waals surface area (Å²) >= 11 is 1.76. The van der Waals surface area contributed by atoms with E-state index < -0.39 is 9.84 Å². The summed E-state index contributed by atoms with van der Waals surface area (Å²) in [7, 11) is -2.88. The second kappa shape index (κ2) is 4.91. The predicted molar refractivity (Wildman–Crippen MR) is 84.7 cm³/mol. The number of aromatic nitrogens is 2. The van der Waals surface area contributed by atoms with E-state index in [1.807, 2.05) is 0 Å². The molecule has 3 heterocycles. The normalized spacial score (nSPS) is 24.1. The van der Waals surface area contributed by atoms with Gasteiger partial charge >= 0.3 is 0 Å². The molecule has 1 N–H and O–H groups in total. The van der Waals surface area contributed by atoms with Crippen LogP contribution in [0.25, 0.3) is 10.2 Å². The molecule has 5 nitrogen and oxygen atoms in total. The van der Waals surface area contributed by atoms with Crippen LogP contribution in [0.15, 0.2) is 6.33 Å². The highest BCUT2D eigenvalue weighted by Gasteiger charge is 2.29. The fourth-order valence-electron chi connectivity index (χ4n) is 3.30. The van der Waals surface area contributed by atoms with Crippen LogP contribution < -0.4 is 5.32 Å². The molecule has 21 heavy (non-hydrogen) atoms. The van der Waals surface area contributed by atoms with Crippen molar-refractivity contribution in [2.24, 2.45) is 0 Å². The molecule has 4 rings (SSSR count). The van der Waals surface area contributed by atoms with Crippen LogP contribution in [0.2, 0.25) is 0 Å². The molecule has 0 amide bonds. The zero-order valence-corrected chi connectivity index (χ0v) is 13.3. The fraction of sp³-hybridized carbons (Fsp3) is 0.571. The number of fused-ring (bicyclic) bond motifs is 3. The molecule has 1 saturated heterocycles. The lowest BCUT2D eigenvalue weighted by atomic mass is 9.97. The zero-order chi connectivity index (χ0) is 14.4. The predicted octanol–water partition coefficient (Wildman–Crippen LogP) is 2.17. The molecule has 2 aliphatic rings. The van der Waals surface area contributed by atoms with Crippen LogP contribution in [-0.4, -0.2) is 35.9 Å². The number of anilines is 1. The third-order valence-electron chi connectivity index (χ3n) is 4.32. The summed E-state index contributed by atoms with van der Waals surface area (Å²) in [6.07, 6.45) is 6.92. The topological polar surface area (TPSA) is 72.0 Å². The maximum atomic E-state index is 11.6. The van der Waals surface area contributed by atoms with Crippen molar-refractivity contribution in [2.45, 2.75) is 38.1 Å². The van der Waals surface area contributed by atoms with E-state index in [1.54, 1.807) is 17.7 Å². The molecule has 2 aromatic heterocycles. The SMILES string of the molecule is O=S1(=O)CCC(Nc2ncnc3sc4c(c23)CCCC4)C1. The van der Waals surface area contributed by atoms with Crippen LogP contribution in [0.4, 0.5) is 5.82 Å². The monoisotopic (exact) mass is 323 g/mol. The van der Waals surface area contributed by atoms with Crippen LogP contribution in [0.5, 0.6) is 0 Å². The maximum Gasteiger partial charge on any atom is 0.152 e. The van der Waals surface area contributed by atoms with Gasteiger partial charge in [0.25, 0.3) is 0 Å². The van der Waals surface area contributed by atoms with Gasteiger partial charge in [0.1, 0.15) is 17.0 Å². The minimum absolute atomic E-state index is 0.0211. The van der Waals surface area contributed by atoms with Gasteiger partial charge in [-0.1, -0.05) is 0 Å². The summed E-state index contributed by atoms with van der Waals surface area (Å²) in [6.45, 7) is 0. The zero-order valence-electron chi connectivity index (χ0n) is 11.6. The highest BCUT2D eigenvalue weighted by molar-refractivity contribution is 7.91. The van der Waals surface area contributed by atoms with Gasteiger partial charge in [-0.25, -0.2) is 18.4 Å².